The lowest BCUT2D eigenvalue weighted by molar-refractivity contribution is -0.148. The quantitative estimate of drug-likeness (QED) is 0.757. The predicted octanol–water partition coefficient (Wildman–Crippen LogP) is 4.70. The van der Waals surface area contributed by atoms with Gasteiger partial charge >= 0.3 is 5.97 Å². The molecule has 0 fully saturated rings. The van der Waals surface area contributed by atoms with Crippen molar-refractivity contribution in [3.05, 3.63) is 35.4 Å². The molecule has 5 nitrogen and oxygen atoms in total. The van der Waals surface area contributed by atoms with Gasteiger partial charge in [0.2, 0.25) is 0 Å². The summed E-state index contributed by atoms with van der Waals surface area (Å²) in [5, 5.41) is 12.6. The van der Waals surface area contributed by atoms with E-state index in [1.165, 1.54) is 7.11 Å². The summed E-state index contributed by atoms with van der Waals surface area (Å²) < 4.78 is 10.5. The average molecular weight is 384 g/mol. The van der Waals surface area contributed by atoms with Gasteiger partial charge in [0.25, 0.3) is 0 Å². The molecular formula is C23H28O5. The second kappa shape index (κ2) is 7.82. The Morgan fingerprint density at radius 2 is 1.96 bits per heavy atom. The van der Waals surface area contributed by atoms with E-state index in [1.807, 2.05) is 18.2 Å². The van der Waals surface area contributed by atoms with Crippen molar-refractivity contribution in [1.82, 2.24) is 0 Å². The molecule has 0 radical (unpaired) electrons. The van der Waals surface area contributed by atoms with Gasteiger partial charge in [0.1, 0.15) is 11.5 Å². The van der Waals surface area contributed by atoms with Crippen molar-refractivity contribution in [3.8, 4) is 11.5 Å². The van der Waals surface area contributed by atoms with Gasteiger partial charge in [-0.2, -0.15) is 0 Å². The number of benzene rings is 2. The zero-order valence-electron chi connectivity index (χ0n) is 17.1. The van der Waals surface area contributed by atoms with Crippen LogP contribution in [-0.2, 0) is 9.53 Å². The highest BCUT2D eigenvalue weighted by atomic mass is 16.5. The molecule has 2 aromatic carbocycles. The normalized spacial score (nSPS) is 21.6. The number of fused-ring (bicyclic) bond motifs is 2. The largest absolute Gasteiger partial charge is 0.507 e. The summed E-state index contributed by atoms with van der Waals surface area (Å²) in [4.78, 5) is 25.7. The molecule has 150 valence electrons. The minimum atomic E-state index is -0.609. The van der Waals surface area contributed by atoms with E-state index in [2.05, 4.69) is 13.8 Å². The first-order valence-electron chi connectivity index (χ1n) is 9.76. The molecule has 0 unspecified atom stereocenters. The standard InChI is InChI=1S/C23H28O5/c1-12(2)9-10-15-18(23(26)28-5)13(3)21(24)16-11-14-7-6-8-17(27-4)19(14)22(25)20(15)16/h6-8,11-13,15,18,25H,9-10H2,1-5H3/t13-,15-,18+/m1/s1. The molecule has 28 heavy (non-hydrogen) atoms. The van der Waals surface area contributed by atoms with Crippen molar-refractivity contribution in [3.63, 3.8) is 0 Å². The van der Waals surface area contributed by atoms with Crippen molar-refractivity contribution in [2.45, 2.75) is 39.5 Å². The molecule has 0 heterocycles. The van der Waals surface area contributed by atoms with E-state index in [4.69, 9.17) is 9.47 Å². The van der Waals surface area contributed by atoms with Crippen molar-refractivity contribution < 1.29 is 24.2 Å². The maximum Gasteiger partial charge on any atom is 0.310 e. The van der Waals surface area contributed by atoms with Crippen molar-refractivity contribution >= 4 is 22.5 Å². The molecule has 0 aromatic heterocycles. The van der Waals surface area contributed by atoms with Gasteiger partial charge in [0.15, 0.2) is 5.78 Å². The molecule has 0 amide bonds. The van der Waals surface area contributed by atoms with Crippen molar-refractivity contribution in [1.29, 1.82) is 0 Å². The summed E-state index contributed by atoms with van der Waals surface area (Å²) in [7, 11) is 2.90. The first-order chi connectivity index (χ1) is 13.3. The lowest BCUT2D eigenvalue weighted by atomic mass is 9.66. The number of phenols is 1. The third-order valence-electron chi connectivity index (χ3n) is 5.91. The number of phenolic OH excluding ortho intramolecular Hbond substituents is 1. The van der Waals surface area contributed by atoms with Crippen LogP contribution in [-0.4, -0.2) is 31.1 Å². The zero-order valence-corrected chi connectivity index (χ0v) is 17.1. The summed E-state index contributed by atoms with van der Waals surface area (Å²) in [6, 6.07) is 7.28. The summed E-state index contributed by atoms with van der Waals surface area (Å²) in [5.74, 6) is -0.917. The Morgan fingerprint density at radius 3 is 2.57 bits per heavy atom. The number of esters is 1. The van der Waals surface area contributed by atoms with Gasteiger partial charge in [-0.05, 0) is 29.9 Å². The number of hydrogen-bond acceptors (Lipinski definition) is 5. The van der Waals surface area contributed by atoms with E-state index in [-0.39, 0.29) is 17.5 Å². The molecule has 3 atom stereocenters. The van der Waals surface area contributed by atoms with Gasteiger partial charge in [-0.1, -0.05) is 39.3 Å². The van der Waals surface area contributed by atoms with Crippen LogP contribution in [0.15, 0.2) is 24.3 Å². The van der Waals surface area contributed by atoms with Crippen LogP contribution in [0, 0.1) is 17.8 Å². The monoisotopic (exact) mass is 384 g/mol. The Morgan fingerprint density at radius 1 is 1.25 bits per heavy atom. The highest BCUT2D eigenvalue weighted by molar-refractivity contribution is 6.09. The molecule has 3 rings (SSSR count). The van der Waals surface area contributed by atoms with Crippen LogP contribution in [0.5, 0.6) is 11.5 Å². The summed E-state index contributed by atoms with van der Waals surface area (Å²) in [6.45, 7) is 6.02. The van der Waals surface area contributed by atoms with E-state index in [1.54, 1.807) is 20.1 Å². The molecule has 5 heteroatoms. The molecule has 0 saturated heterocycles. The number of methoxy groups -OCH3 is 2. The Kier molecular flexibility index (Phi) is 5.64. The van der Waals surface area contributed by atoms with Crippen molar-refractivity contribution in [2.24, 2.45) is 17.8 Å². The third kappa shape index (κ3) is 3.23. The predicted molar refractivity (Wildman–Crippen MR) is 108 cm³/mol. The molecule has 0 aliphatic heterocycles. The van der Waals surface area contributed by atoms with Crippen LogP contribution < -0.4 is 4.74 Å². The number of Topliss-reactive ketones (excluding diaryl/α,β-unsaturated/α-hetero) is 1. The van der Waals surface area contributed by atoms with Crippen LogP contribution in [0.3, 0.4) is 0 Å². The number of carbonyl (C=O) groups is 2. The van der Waals surface area contributed by atoms with Gasteiger partial charge in [0, 0.05) is 23.0 Å². The van der Waals surface area contributed by atoms with Gasteiger partial charge in [0.05, 0.1) is 25.5 Å². The minimum Gasteiger partial charge on any atom is -0.507 e. The Hall–Kier alpha value is -2.56. The molecule has 0 saturated carbocycles. The van der Waals surface area contributed by atoms with Crippen LogP contribution in [0.1, 0.15) is 55.5 Å². The Labute approximate surface area is 165 Å². The second-order valence-electron chi connectivity index (χ2n) is 8.02. The van der Waals surface area contributed by atoms with E-state index < -0.39 is 17.8 Å². The van der Waals surface area contributed by atoms with Crippen molar-refractivity contribution in [2.75, 3.05) is 14.2 Å². The SMILES string of the molecule is COC(=O)[C@H]1[C@@H](C)C(=O)c2cc3cccc(OC)c3c(O)c2[C@@H]1CCC(C)C. The second-order valence-corrected chi connectivity index (χ2v) is 8.02. The fraction of sp³-hybridized carbons (Fsp3) is 0.478. The lowest BCUT2D eigenvalue weighted by Gasteiger charge is -2.36. The van der Waals surface area contributed by atoms with Gasteiger partial charge in [-0.3, -0.25) is 9.59 Å². The maximum absolute atomic E-state index is 13.1. The van der Waals surface area contributed by atoms with Gasteiger partial charge < -0.3 is 14.6 Å². The summed E-state index contributed by atoms with van der Waals surface area (Å²) >= 11 is 0. The first kappa shape index (κ1) is 20.2. The zero-order chi connectivity index (χ0) is 20.6. The summed E-state index contributed by atoms with van der Waals surface area (Å²) in [5.41, 5.74) is 1.05. The molecule has 1 N–H and O–H groups in total. The smallest absolute Gasteiger partial charge is 0.310 e. The molecule has 0 spiro atoms. The summed E-state index contributed by atoms with van der Waals surface area (Å²) in [6.07, 6.45) is 1.57. The minimum absolute atomic E-state index is 0.0351. The molecule has 1 aliphatic carbocycles. The maximum atomic E-state index is 13.1. The molecule has 1 aliphatic rings. The lowest BCUT2D eigenvalue weighted by Crippen LogP contribution is -2.39. The topological polar surface area (TPSA) is 72.8 Å². The first-order valence-corrected chi connectivity index (χ1v) is 9.76. The van der Waals surface area contributed by atoms with Gasteiger partial charge in [-0.15, -0.1) is 0 Å². The van der Waals surface area contributed by atoms with Crippen LogP contribution in [0.2, 0.25) is 0 Å². The number of aromatic hydroxyl groups is 1. The molecular weight excluding hydrogens is 356 g/mol. The average Bonchev–Trinajstić information content (AvgIpc) is 2.68. The third-order valence-corrected chi connectivity index (χ3v) is 5.91. The number of ketones is 1. The number of rotatable bonds is 5. The van der Waals surface area contributed by atoms with Crippen LogP contribution >= 0.6 is 0 Å². The van der Waals surface area contributed by atoms with Crippen LogP contribution in [0.4, 0.5) is 0 Å². The van der Waals surface area contributed by atoms with Crippen LogP contribution in [0.25, 0.3) is 10.8 Å². The van der Waals surface area contributed by atoms with E-state index >= 15 is 0 Å². The van der Waals surface area contributed by atoms with E-state index in [0.717, 1.165) is 11.8 Å². The molecule has 2 aromatic rings. The Bertz CT molecular complexity index is 915. The highest BCUT2D eigenvalue weighted by Gasteiger charge is 2.46. The highest BCUT2D eigenvalue weighted by Crippen LogP contribution is 2.50. The number of carbonyl (C=O) groups excluding carboxylic acids is 2. The Balaban J connectivity index is 2.30. The van der Waals surface area contributed by atoms with Gasteiger partial charge in [-0.25, -0.2) is 0 Å². The molecule has 0 bridgehead atoms. The fourth-order valence-electron chi connectivity index (χ4n) is 4.44. The van der Waals surface area contributed by atoms with E-state index in [0.29, 0.717) is 34.6 Å². The number of ether oxygens (including phenoxy) is 2. The fourth-order valence-corrected chi connectivity index (χ4v) is 4.44. The number of hydrogen-bond donors (Lipinski definition) is 1. The van der Waals surface area contributed by atoms with E-state index in [9.17, 15) is 14.7 Å².